The highest BCUT2D eigenvalue weighted by Gasteiger charge is 2.48. The second kappa shape index (κ2) is 25.8. The number of allylic oxidation sites excluding steroid dienone is 4. The smallest absolute Gasteiger partial charge is 0.303 e. The minimum Gasteiger partial charge on any atom is -0.481 e. The summed E-state index contributed by atoms with van der Waals surface area (Å²) in [6, 6.07) is 9.95. The van der Waals surface area contributed by atoms with E-state index in [-0.39, 0.29) is 60.8 Å². The van der Waals surface area contributed by atoms with Gasteiger partial charge in [-0.25, -0.2) is 0 Å². The van der Waals surface area contributed by atoms with E-state index >= 15 is 0 Å². The van der Waals surface area contributed by atoms with Crippen LogP contribution in [0.15, 0.2) is 91.5 Å². The van der Waals surface area contributed by atoms with Gasteiger partial charge >= 0.3 is 5.97 Å². The lowest BCUT2D eigenvalue weighted by Crippen LogP contribution is -2.31. The van der Waals surface area contributed by atoms with Gasteiger partial charge in [-0.05, 0) is 118 Å². The van der Waals surface area contributed by atoms with Crippen molar-refractivity contribution in [2.24, 2.45) is 0 Å². The molecule has 0 amide bonds. The predicted molar refractivity (Wildman–Crippen MR) is 289 cm³/mol. The third kappa shape index (κ3) is 14.6. The first kappa shape index (κ1) is 62.4. The number of carboxylic acids is 1. The van der Waals surface area contributed by atoms with Crippen LogP contribution in [0.3, 0.4) is 0 Å². The lowest BCUT2D eigenvalue weighted by molar-refractivity contribution is -0.433. The Morgan fingerprint density at radius 2 is 1.09 bits per heavy atom. The molecule has 1 unspecified atom stereocenters. The van der Waals surface area contributed by atoms with E-state index in [1.807, 2.05) is 56.2 Å². The van der Waals surface area contributed by atoms with Crippen LogP contribution < -0.4 is 4.90 Å². The Bertz CT molecular complexity index is 3450. The van der Waals surface area contributed by atoms with Gasteiger partial charge in [0, 0.05) is 72.0 Å². The van der Waals surface area contributed by atoms with Crippen LogP contribution in [-0.4, -0.2) is 166 Å². The SMILES string of the molecule is CC[N+]1=C(/C=C(C)/C=C2/N(CCCCCC(=O)O)c3ccc4c(S(=O)(=O)O)cc(S(=O)(=O)O)cc4c3C2(C)CCOCCOCCOCCOCCOCCOC)C(C)(C)c2c1ccc1c(S(=O)(=O)O)cc(S(=O)(=O)O)cc21. The number of hydrogen-bond acceptors (Lipinski definition) is 16. The topological polar surface area (TPSA) is 316 Å². The van der Waals surface area contributed by atoms with Crippen molar-refractivity contribution in [1.82, 2.24) is 0 Å². The van der Waals surface area contributed by atoms with Crippen LogP contribution in [0, 0.1) is 0 Å². The van der Waals surface area contributed by atoms with E-state index in [4.69, 9.17) is 28.4 Å². The maximum atomic E-state index is 13.0. The summed E-state index contributed by atoms with van der Waals surface area (Å²) in [4.78, 5) is 10.5. The number of hydrogen-bond donors (Lipinski definition) is 5. The third-order valence-electron chi connectivity index (χ3n) is 13.8. The molecular formula is C52H69N2O20S4+. The molecule has 4 aromatic carbocycles. The van der Waals surface area contributed by atoms with E-state index in [1.165, 1.54) is 18.2 Å². The number of fused-ring (bicyclic) bond motifs is 6. The van der Waals surface area contributed by atoms with Crippen molar-refractivity contribution in [2.75, 3.05) is 97.8 Å². The molecule has 0 bridgehead atoms. The number of carboxylic acid groups (broad SMARTS) is 1. The molecule has 430 valence electrons. The molecule has 78 heavy (non-hydrogen) atoms. The van der Waals surface area contributed by atoms with Crippen molar-refractivity contribution in [2.45, 2.75) is 97.1 Å². The Morgan fingerprint density at radius 1 is 0.615 bits per heavy atom. The van der Waals surface area contributed by atoms with Gasteiger partial charge in [-0.2, -0.15) is 38.2 Å². The standard InChI is InChI=1S/C52H68N2O20S4/c1-7-53-42-14-12-38-40(31-36(75(57,58)59)33-44(38)77(63,64)65)49(42)51(3,4)46(53)29-35(2)30-47-52(5,16-18-70-21-22-72-25-26-74-28-27-73-24-23-71-20-19-69-6)50-41-32-37(76(60,61)62)34-45(78(66,67)68)39(41)13-15-43(50)54(47)17-10-8-9-11-48(55)56/h12-15,29-34H,7-11,16-28H2,1-6H3,(H4-,55,56,57,58,59,60,61,62,63,64,65,66,67,68)/p+1. The van der Waals surface area contributed by atoms with Gasteiger partial charge in [-0.3, -0.25) is 23.0 Å². The molecule has 0 saturated heterocycles. The summed E-state index contributed by atoms with van der Waals surface area (Å²) < 4.78 is 178. The lowest BCUT2D eigenvalue weighted by atomic mass is 9.76. The average molecular weight is 1170 g/mol. The van der Waals surface area contributed by atoms with Crippen molar-refractivity contribution in [3.63, 3.8) is 0 Å². The van der Waals surface area contributed by atoms with Crippen molar-refractivity contribution in [1.29, 1.82) is 0 Å². The summed E-state index contributed by atoms with van der Waals surface area (Å²) in [5, 5.41) is 9.65. The van der Waals surface area contributed by atoms with Crippen LogP contribution in [0.4, 0.5) is 11.4 Å². The highest BCUT2D eigenvalue weighted by atomic mass is 32.2. The van der Waals surface area contributed by atoms with Crippen molar-refractivity contribution in [3.05, 3.63) is 83.1 Å². The molecule has 22 nitrogen and oxygen atoms in total. The molecule has 0 aliphatic carbocycles. The van der Waals surface area contributed by atoms with E-state index in [1.54, 1.807) is 19.2 Å². The molecule has 2 aliphatic rings. The van der Waals surface area contributed by atoms with Gasteiger partial charge in [0.25, 0.3) is 40.5 Å². The second-order valence-corrected chi connectivity index (χ2v) is 25.1. The van der Waals surface area contributed by atoms with Crippen molar-refractivity contribution >= 4 is 85.1 Å². The quantitative estimate of drug-likeness (QED) is 0.0198. The van der Waals surface area contributed by atoms with Crippen LogP contribution in [0.1, 0.15) is 77.8 Å². The molecule has 0 spiro atoms. The number of nitrogens with zero attached hydrogens (tertiary/aromatic N) is 2. The minimum atomic E-state index is -5.09. The largest absolute Gasteiger partial charge is 0.481 e. The monoisotopic (exact) mass is 1170 g/mol. The average Bonchev–Trinajstić information content (AvgIpc) is 3.93. The van der Waals surface area contributed by atoms with Crippen molar-refractivity contribution in [3.8, 4) is 0 Å². The molecule has 0 radical (unpaired) electrons. The molecule has 2 heterocycles. The van der Waals surface area contributed by atoms with Crippen LogP contribution >= 0.6 is 0 Å². The second-order valence-electron chi connectivity index (χ2n) is 19.5. The first-order valence-electron chi connectivity index (χ1n) is 25.1. The number of rotatable bonds is 31. The highest BCUT2D eigenvalue weighted by Crippen LogP contribution is 2.54. The van der Waals surface area contributed by atoms with E-state index < -0.39 is 76.9 Å². The zero-order chi connectivity index (χ0) is 57.4. The summed E-state index contributed by atoms with van der Waals surface area (Å²) in [7, 11) is -18.5. The fraction of sp³-hybridized carbons (Fsp3) is 0.500. The summed E-state index contributed by atoms with van der Waals surface area (Å²) in [6.45, 7) is 13.6. The fourth-order valence-electron chi connectivity index (χ4n) is 10.2. The normalized spacial score (nSPS) is 17.5. The summed E-state index contributed by atoms with van der Waals surface area (Å²) in [6.07, 6.45) is 5.29. The van der Waals surface area contributed by atoms with Crippen LogP contribution in [0.25, 0.3) is 21.5 Å². The fourth-order valence-corrected chi connectivity index (χ4v) is 12.9. The number of anilines is 1. The van der Waals surface area contributed by atoms with Crippen LogP contribution in [0.2, 0.25) is 0 Å². The number of ether oxygens (including phenoxy) is 6. The Labute approximate surface area is 455 Å². The first-order chi connectivity index (χ1) is 36.6. The number of methoxy groups -OCH3 is 1. The molecule has 1 atom stereocenters. The summed E-state index contributed by atoms with van der Waals surface area (Å²) >= 11 is 0. The molecule has 6 rings (SSSR count). The molecule has 0 saturated carbocycles. The Kier molecular flexibility index (Phi) is 20.6. The van der Waals surface area contributed by atoms with Gasteiger partial charge in [0.2, 0.25) is 5.69 Å². The van der Waals surface area contributed by atoms with Crippen molar-refractivity contribution < 1.29 is 94.8 Å². The van der Waals surface area contributed by atoms with E-state index in [2.05, 4.69) is 0 Å². The van der Waals surface area contributed by atoms with Gasteiger partial charge in [0.1, 0.15) is 16.3 Å². The molecule has 0 fully saturated rings. The molecule has 2 aliphatic heterocycles. The van der Waals surface area contributed by atoms with Gasteiger partial charge in [0.15, 0.2) is 5.71 Å². The van der Waals surface area contributed by atoms with Crippen LogP contribution in [-0.2, 0) is 84.5 Å². The lowest BCUT2D eigenvalue weighted by Gasteiger charge is -2.31. The number of unbranched alkanes of at least 4 members (excludes halogenated alkanes) is 2. The zero-order valence-corrected chi connectivity index (χ0v) is 47.7. The molecule has 5 N–H and O–H groups in total. The van der Waals surface area contributed by atoms with E-state index in [0.29, 0.717) is 130 Å². The molecular weight excluding hydrogens is 1100 g/mol. The minimum absolute atomic E-state index is 0.0216. The Hall–Kier alpha value is -4.78. The maximum Gasteiger partial charge on any atom is 0.303 e. The number of aliphatic carboxylic acids is 1. The first-order valence-corrected chi connectivity index (χ1v) is 30.9. The zero-order valence-electron chi connectivity index (χ0n) is 44.4. The van der Waals surface area contributed by atoms with Gasteiger partial charge < -0.3 is 38.4 Å². The van der Waals surface area contributed by atoms with Gasteiger partial charge in [-0.15, -0.1) is 0 Å². The number of carbonyl (C=O) groups is 1. The number of benzene rings is 4. The van der Waals surface area contributed by atoms with E-state index in [0.717, 1.165) is 6.07 Å². The van der Waals surface area contributed by atoms with Gasteiger partial charge in [0.05, 0.1) is 81.3 Å². The summed E-state index contributed by atoms with van der Waals surface area (Å²) in [5.41, 5.74) is 1.90. The van der Waals surface area contributed by atoms with E-state index in [9.17, 15) is 61.8 Å². The van der Waals surface area contributed by atoms with Crippen LogP contribution in [0.5, 0.6) is 0 Å². The molecule has 0 aromatic heterocycles. The Morgan fingerprint density at radius 3 is 1.55 bits per heavy atom. The molecule has 26 heteroatoms. The highest BCUT2D eigenvalue weighted by molar-refractivity contribution is 7.87. The summed E-state index contributed by atoms with van der Waals surface area (Å²) in [5.74, 6) is -0.955. The molecule has 4 aromatic rings. The Balaban J connectivity index is 1.41. The third-order valence-corrected chi connectivity index (χ3v) is 17.2. The van der Waals surface area contributed by atoms with Gasteiger partial charge in [-0.1, -0.05) is 12.5 Å². The maximum absolute atomic E-state index is 13.0. The predicted octanol–water partition coefficient (Wildman–Crippen LogP) is 6.75.